The van der Waals surface area contributed by atoms with Crippen molar-refractivity contribution in [2.24, 2.45) is 0 Å². The highest BCUT2D eigenvalue weighted by Gasteiger charge is 2.29. The van der Waals surface area contributed by atoms with Crippen LogP contribution in [0, 0.1) is 10.1 Å². The second kappa shape index (κ2) is 5.84. The first-order chi connectivity index (χ1) is 10.5. The summed E-state index contributed by atoms with van der Waals surface area (Å²) in [6.07, 6.45) is 2.98. The van der Waals surface area contributed by atoms with Crippen LogP contribution in [0.1, 0.15) is 39.9 Å². The number of aryl methyl sites for hydroxylation is 1. The van der Waals surface area contributed by atoms with Crippen molar-refractivity contribution in [2.45, 2.75) is 31.6 Å². The highest BCUT2D eigenvalue weighted by molar-refractivity contribution is 7.11. The van der Waals surface area contributed by atoms with Gasteiger partial charge in [0.15, 0.2) is 0 Å². The molecule has 2 aromatic rings. The second-order valence-electron chi connectivity index (χ2n) is 5.30. The third-order valence-electron chi connectivity index (χ3n) is 3.80. The molecule has 7 heteroatoms. The molecule has 1 unspecified atom stereocenters. The average Bonchev–Trinajstić information content (AvgIpc) is 2.89. The monoisotopic (exact) mass is 318 g/mol. The highest BCUT2D eigenvalue weighted by Crippen LogP contribution is 2.35. The van der Waals surface area contributed by atoms with Crippen molar-refractivity contribution in [3.05, 3.63) is 55.5 Å². The molecule has 1 aromatic heterocycles. The summed E-state index contributed by atoms with van der Waals surface area (Å²) in [6, 6.07) is 6.38. The molecule has 114 valence electrons. The third kappa shape index (κ3) is 2.85. The Kier molecular flexibility index (Phi) is 3.89. The number of aliphatic carboxylic acids is 1. The number of nitro benzene ring substituents is 1. The van der Waals surface area contributed by atoms with Gasteiger partial charge in [0.1, 0.15) is 0 Å². The van der Waals surface area contributed by atoms with E-state index < -0.39 is 16.8 Å². The number of nitrogens with zero attached hydrogens (tertiary/aromatic N) is 2. The number of hydrogen-bond donors (Lipinski definition) is 1. The number of carbonyl (C=O) groups is 1. The van der Waals surface area contributed by atoms with Crippen molar-refractivity contribution in [2.75, 3.05) is 0 Å². The third-order valence-corrected chi connectivity index (χ3v) is 4.93. The summed E-state index contributed by atoms with van der Waals surface area (Å²) < 4.78 is 0. The van der Waals surface area contributed by atoms with E-state index in [1.165, 1.54) is 12.1 Å². The molecule has 0 fully saturated rings. The van der Waals surface area contributed by atoms with Gasteiger partial charge in [-0.1, -0.05) is 12.1 Å². The lowest BCUT2D eigenvalue weighted by Crippen LogP contribution is -2.17. The van der Waals surface area contributed by atoms with Crippen LogP contribution in [0.5, 0.6) is 0 Å². The molecular formula is C15H14N2O4S. The lowest BCUT2D eigenvalue weighted by molar-refractivity contribution is -0.384. The van der Waals surface area contributed by atoms with E-state index in [1.54, 1.807) is 23.5 Å². The normalized spacial score (nSPS) is 17.0. The fraction of sp³-hybridized carbons (Fsp3) is 0.333. The summed E-state index contributed by atoms with van der Waals surface area (Å²) in [5, 5.41) is 20.8. The molecule has 1 heterocycles. The number of benzene rings is 1. The molecular weight excluding hydrogens is 304 g/mol. The number of non-ortho nitro benzene ring substituents is 1. The minimum Gasteiger partial charge on any atom is -0.481 e. The van der Waals surface area contributed by atoms with E-state index in [0.29, 0.717) is 18.5 Å². The average molecular weight is 318 g/mol. The Morgan fingerprint density at radius 1 is 1.41 bits per heavy atom. The van der Waals surface area contributed by atoms with E-state index in [9.17, 15) is 20.0 Å². The van der Waals surface area contributed by atoms with Crippen LogP contribution in [0.3, 0.4) is 0 Å². The predicted octanol–water partition coefficient (Wildman–Crippen LogP) is 3.15. The van der Waals surface area contributed by atoms with E-state index in [-0.39, 0.29) is 5.69 Å². The zero-order chi connectivity index (χ0) is 15.7. The topological polar surface area (TPSA) is 93.3 Å². The first kappa shape index (κ1) is 14.6. The number of aromatic nitrogens is 1. The van der Waals surface area contributed by atoms with Crippen LogP contribution in [0.2, 0.25) is 0 Å². The van der Waals surface area contributed by atoms with Gasteiger partial charge in [0.05, 0.1) is 21.5 Å². The van der Waals surface area contributed by atoms with Crippen LogP contribution in [0.4, 0.5) is 5.69 Å². The van der Waals surface area contributed by atoms with Gasteiger partial charge < -0.3 is 5.11 Å². The van der Waals surface area contributed by atoms with Crippen LogP contribution < -0.4 is 0 Å². The Hall–Kier alpha value is -2.28. The number of thiazole rings is 1. The number of hydrogen-bond acceptors (Lipinski definition) is 5. The maximum atomic E-state index is 11.3. The molecule has 1 atom stereocenters. The quantitative estimate of drug-likeness (QED) is 0.690. The van der Waals surface area contributed by atoms with Crippen molar-refractivity contribution in [1.82, 2.24) is 4.98 Å². The number of carboxylic acid groups (broad SMARTS) is 1. The predicted molar refractivity (Wildman–Crippen MR) is 81.3 cm³/mol. The van der Waals surface area contributed by atoms with E-state index >= 15 is 0 Å². The molecule has 3 rings (SSSR count). The minimum atomic E-state index is -0.812. The standard InChI is InChI=1S/C15H14N2O4S/c18-15(19)11-2-1-3-12-14(11)16-13(22-12)8-9-4-6-10(7-5-9)17(20)21/h4-7,11H,1-3,8H2,(H,18,19). The summed E-state index contributed by atoms with van der Waals surface area (Å²) >= 11 is 1.55. The summed E-state index contributed by atoms with van der Waals surface area (Å²) in [4.78, 5) is 27.1. The van der Waals surface area contributed by atoms with Gasteiger partial charge in [-0.25, -0.2) is 4.98 Å². The summed E-state index contributed by atoms with van der Waals surface area (Å²) in [5.41, 5.74) is 1.71. The van der Waals surface area contributed by atoms with Crippen LogP contribution in [0.15, 0.2) is 24.3 Å². The molecule has 22 heavy (non-hydrogen) atoms. The molecule has 0 radical (unpaired) electrons. The van der Waals surface area contributed by atoms with Crippen molar-refractivity contribution in [3.63, 3.8) is 0 Å². The molecule has 1 aliphatic rings. The molecule has 0 bridgehead atoms. The van der Waals surface area contributed by atoms with Crippen molar-refractivity contribution in [3.8, 4) is 0 Å². The molecule has 0 saturated heterocycles. The molecule has 1 N–H and O–H groups in total. The molecule has 1 aromatic carbocycles. The lowest BCUT2D eigenvalue weighted by atomic mass is 9.91. The van der Waals surface area contributed by atoms with Gasteiger partial charge in [-0.2, -0.15) is 0 Å². The van der Waals surface area contributed by atoms with Crippen LogP contribution in [-0.4, -0.2) is 21.0 Å². The van der Waals surface area contributed by atoms with E-state index in [0.717, 1.165) is 28.3 Å². The van der Waals surface area contributed by atoms with E-state index in [4.69, 9.17) is 0 Å². The number of fused-ring (bicyclic) bond motifs is 1. The Balaban J connectivity index is 1.82. The summed E-state index contributed by atoms with van der Waals surface area (Å²) in [5.74, 6) is -1.31. The highest BCUT2D eigenvalue weighted by atomic mass is 32.1. The minimum absolute atomic E-state index is 0.0631. The Labute approximate surface area is 130 Å². The molecule has 0 spiro atoms. The second-order valence-corrected chi connectivity index (χ2v) is 6.47. The van der Waals surface area contributed by atoms with Crippen molar-refractivity contribution < 1.29 is 14.8 Å². The molecule has 6 nitrogen and oxygen atoms in total. The SMILES string of the molecule is O=C(O)C1CCCc2sc(Cc3ccc([N+](=O)[O-])cc3)nc21. The number of nitro groups is 1. The number of carboxylic acids is 1. The van der Waals surface area contributed by atoms with Crippen LogP contribution in [-0.2, 0) is 17.6 Å². The Morgan fingerprint density at radius 3 is 2.77 bits per heavy atom. The van der Waals surface area contributed by atoms with Crippen LogP contribution in [0.25, 0.3) is 0 Å². The van der Waals surface area contributed by atoms with Gasteiger partial charge in [0.2, 0.25) is 0 Å². The first-order valence-corrected chi connectivity index (χ1v) is 7.81. The fourth-order valence-corrected chi connectivity index (χ4v) is 3.90. The summed E-state index contributed by atoms with van der Waals surface area (Å²) in [7, 11) is 0. The van der Waals surface area contributed by atoms with Crippen molar-refractivity contribution >= 4 is 23.0 Å². The largest absolute Gasteiger partial charge is 0.481 e. The lowest BCUT2D eigenvalue weighted by Gasteiger charge is -2.16. The van der Waals surface area contributed by atoms with E-state index in [2.05, 4.69) is 4.98 Å². The summed E-state index contributed by atoms with van der Waals surface area (Å²) in [6.45, 7) is 0. The molecule has 0 aliphatic heterocycles. The maximum Gasteiger partial charge on any atom is 0.312 e. The van der Waals surface area contributed by atoms with Gasteiger partial charge in [-0.05, 0) is 24.8 Å². The number of rotatable bonds is 4. The zero-order valence-corrected chi connectivity index (χ0v) is 12.5. The zero-order valence-electron chi connectivity index (χ0n) is 11.7. The van der Waals surface area contributed by atoms with Gasteiger partial charge in [-0.3, -0.25) is 14.9 Å². The van der Waals surface area contributed by atoms with Gasteiger partial charge in [0.25, 0.3) is 5.69 Å². The fourth-order valence-electron chi connectivity index (χ4n) is 2.70. The van der Waals surface area contributed by atoms with Gasteiger partial charge in [0, 0.05) is 23.4 Å². The molecule has 1 aliphatic carbocycles. The Bertz CT molecular complexity index is 724. The van der Waals surface area contributed by atoms with Gasteiger partial charge >= 0.3 is 5.97 Å². The van der Waals surface area contributed by atoms with Crippen LogP contribution >= 0.6 is 11.3 Å². The smallest absolute Gasteiger partial charge is 0.312 e. The first-order valence-electron chi connectivity index (χ1n) is 6.99. The van der Waals surface area contributed by atoms with E-state index in [1.807, 2.05) is 0 Å². The molecule has 0 amide bonds. The van der Waals surface area contributed by atoms with Crippen molar-refractivity contribution in [1.29, 1.82) is 0 Å². The van der Waals surface area contributed by atoms with Gasteiger partial charge in [-0.15, -0.1) is 11.3 Å². The Morgan fingerprint density at radius 2 is 2.14 bits per heavy atom. The maximum absolute atomic E-state index is 11.3. The molecule has 0 saturated carbocycles.